The van der Waals surface area contributed by atoms with Gasteiger partial charge in [-0.3, -0.25) is 0 Å². The van der Waals surface area contributed by atoms with Crippen LogP contribution in [-0.4, -0.2) is 21.1 Å². The normalized spacial score (nSPS) is 13.6. The van der Waals surface area contributed by atoms with E-state index in [4.69, 9.17) is 13.6 Å². The summed E-state index contributed by atoms with van der Waals surface area (Å²) in [7, 11) is 1.28. The molecule has 0 saturated heterocycles. The standard InChI is InChI=1S/C48H78N3O4P/c1-43(2,3)34-22-25-37(31(28-49-19)40(34)46(10,11)12)53-56(52,54-38-26-23-35(44(4,5)6)41(47(13,14)15)32(38)29-50-20)55-39-27-24-36(45(7,8)9)42(48(16,17)18)33(39)30-51-21/h22-27,49-51H,28-30H2,1-21H3. The average molecular weight is 792 g/mol. The summed E-state index contributed by atoms with van der Waals surface area (Å²) < 4.78 is 36.5. The van der Waals surface area contributed by atoms with E-state index in [1.54, 1.807) is 0 Å². The number of rotatable bonds is 12. The summed E-state index contributed by atoms with van der Waals surface area (Å²) in [6.45, 7) is 41.5. The van der Waals surface area contributed by atoms with Gasteiger partial charge in [0.2, 0.25) is 0 Å². The molecule has 0 radical (unpaired) electrons. The fourth-order valence-electron chi connectivity index (χ4n) is 8.06. The molecule has 0 amide bonds. The van der Waals surface area contributed by atoms with Crippen molar-refractivity contribution in [3.8, 4) is 17.2 Å². The van der Waals surface area contributed by atoms with Crippen LogP contribution in [0.1, 0.15) is 175 Å². The van der Waals surface area contributed by atoms with E-state index in [1.807, 2.05) is 39.3 Å². The molecule has 3 N–H and O–H groups in total. The Morgan fingerprint density at radius 1 is 0.393 bits per heavy atom. The Balaban J connectivity index is 2.53. The second-order valence-electron chi connectivity index (χ2n) is 21.7. The summed E-state index contributed by atoms with van der Waals surface area (Å²) in [5, 5.41) is 10.1. The van der Waals surface area contributed by atoms with Crippen LogP contribution in [0.25, 0.3) is 0 Å². The molecule has 0 aromatic heterocycles. The first-order chi connectivity index (χ1) is 25.3. The Labute approximate surface area is 342 Å². The predicted molar refractivity (Wildman–Crippen MR) is 239 cm³/mol. The molecule has 0 aliphatic rings. The van der Waals surface area contributed by atoms with Crippen molar-refractivity contribution in [2.45, 2.75) is 177 Å². The second-order valence-corrected chi connectivity index (χ2v) is 23.1. The van der Waals surface area contributed by atoms with Crippen molar-refractivity contribution >= 4 is 7.82 Å². The van der Waals surface area contributed by atoms with Gasteiger partial charge in [-0.25, -0.2) is 0 Å². The maximum absolute atomic E-state index is 16.0. The summed E-state index contributed by atoms with van der Waals surface area (Å²) in [5.74, 6) is 1.40. The van der Waals surface area contributed by atoms with E-state index < -0.39 is 7.82 Å². The lowest BCUT2D eigenvalue weighted by atomic mass is 9.73. The van der Waals surface area contributed by atoms with Crippen molar-refractivity contribution in [3.63, 3.8) is 0 Å². The van der Waals surface area contributed by atoms with Gasteiger partial charge in [0.25, 0.3) is 0 Å². The van der Waals surface area contributed by atoms with Gasteiger partial charge in [0.05, 0.1) is 0 Å². The molecule has 0 unspecified atom stereocenters. The van der Waals surface area contributed by atoms with Gasteiger partial charge in [-0.2, -0.15) is 4.57 Å². The van der Waals surface area contributed by atoms with Gasteiger partial charge in [0.1, 0.15) is 17.2 Å². The zero-order valence-electron chi connectivity index (χ0n) is 39.2. The topological polar surface area (TPSA) is 80.9 Å². The van der Waals surface area contributed by atoms with Crippen LogP contribution in [0.2, 0.25) is 0 Å². The number of hydrogen-bond acceptors (Lipinski definition) is 7. The number of phosphoric ester groups is 1. The third-order valence-electron chi connectivity index (χ3n) is 10.2. The number of phosphoric acid groups is 1. The maximum Gasteiger partial charge on any atom is 0.647 e. The van der Waals surface area contributed by atoms with Crippen molar-refractivity contribution in [3.05, 3.63) is 86.5 Å². The molecule has 8 heteroatoms. The van der Waals surface area contributed by atoms with Crippen molar-refractivity contribution in [1.82, 2.24) is 16.0 Å². The zero-order valence-corrected chi connectivity index (χ0v) is 40.1. The van der Waals surface area contributed by atoms with Crippen LogP contribution >= 0.6 is 7.82 Å². The molecular formula is C48H78N3O4P. The first-order valence-electron chi connectivity index (χ1n) is 20.4. The maximum atomic E-state index is 16.0. The Hall–Kier alpha value is -2.83. The third-order valence-corrected chi connectivity index (χ3v) is 11.4. The van der Waals surface area contributed by atoms with Crippen LogP contribution < -0.4 is 29.5 Å². The molecule has 0 saturated carbocycles. The highest BCUT2D eigenvalue weighted by Crippen LogP contribution is 2.55. The molecule has 0 bridgehead atoms. The van der Waals surface area contributed by atoms with E-state index in [-0.39, 0.29) is 32.5 Å². The molecule has 3 aromatic rings. The Kier molecular flexibility index (Phi) is 14.3. The molecule has 0 spiro atoms. The van der Waals surface area contributed by atoms with Crippen LogP contribution in [0, 0.1) is 0 Å². The number of nitrogens with one attached hydrogen (secondary N) is 3. The van der Waals surface area contributed by atoms with Gasteiger partial charge in [-0.15, -0.1) is 0 Å². The summed E-state index contributed by atoms with van der Waals surface area (Å²) >= 11 is 0. The molecule has 0 heterocycles. The Morgan fingerprint density at radius 3 is 0.768 bits per heavy atom. The van der Waals surface area contributed by atoms with E-state index in [0.29, 0.717) is 36.9 Å². The van der Waals surface area contributed by atoms with E-state index in [2.05, 4.69) is 159 Å². The van der Waals surface area contributed by atoms with Gasteiger partial charge < -0.3 is 29.5 Å². The fourth-order valence-corrected chi connectivity index (χ4v) is 9.41. The highest BCUT2D eigenvalue weighted by Gasteiger charge is 2.41. The molecule has 56 heavy (non-hydrogen) atoms. The quantitative estimate of drug-likeness (QED) is 0.158. The smallest absolute Gasteiger partial charge is 0.386 e. The largest absolute Gasteiger partial charge is 0.647 e. The van der Waals surface area contributed by atoms with Gasteiger partial charge in [0.15, 0.2) is 0 Å². The average Bonchev–Trinajstić information content (AvgIpc) is 3.00. The summed E-state index contributed by atoms with van der Waals surface area (Å²) in [6, 6.07) is 12.2. The minimum Gasteiger partial charge on any atom is -0.386 e. The van der Waals surface area contributed by atoms with Crippen molar-refractivity contribution in [2.75, 3.05) is 21.1 Å². The lowest BCUT2D eigenvalue weighted by Crippen LogP contribution is -2.27. The molecule has 0 atom stereocenters. The predicted octanol–water partition coefficient (Wildman–Crippen LogP) is 12.3. The van der Waals surface area contributed by atoms with E-state index in [1.165, 1.54) is 16.7 Å². The third kappa shape index (κ3) is 11.0. The van der Waals surface area contributed by atoms with E-state index >= 15 is 4.57 Å². The minimum atomic E-state index is -4.50. The molecule has 0 aliphatic heterocycles. The van der Waals surface area contributed by atoms with Crippen molar-refractivity contribution < 1.29 is 18.1 Å². The monoisotopic (exact) mass is 792 g/mol. The summed E-state index contributed by atoms with van der Waals surface area (Å²) in [4.78, 5) is 0. The highest BCUT2D eigenvalue weighted by molar-refractivity contribution is 7.49. The van der Waals surface area contributed by atoms with Crippen molar-refractivity contribution in [2.24, 2.45) is 0 Å². The molecule has 0 aliphatic carbocycles. The van der Waals surface area contributed by atoms with Gasteiger partial charge >= 0.3 is 7.82 Å². The first kappa shape index (κ1) is 47.5. The SMILES string of the molecule is CNCc1c(OP(=O)(Oc2ccc(C(C)(C)C)c(C(C)(C)C)c2CNC)Oc2ccc(C(C)(C)C)c(C(C)(C)C)c2CNC)ccc(C(C)(C)C)c1C(C)(C)C. The van der Waals surface area contributed by atoms with Gasteiger partial charge in [0, 0.05) is 36.3 Å². The van der Waals surface area contributed by atoms with E-state index in [0.717, 1.165) is 33.4 Å². The lowest BCUT2D eigenvalue weighted by Gasteiger charge is -2.35. The molecule has 314 valence electrons. The number of hydrogen-bond donors (Lipinski definition) is 3. The molecular weight excluding hydrogens is 714 g/mol. The van der Waals surface area contributed by atoms with Crippen LogP contribution in [0.5, 0.6) is 17.2 Å². The van der Waals surface area contributed by atoms with Gasteiger partial charge in [-0.1, -0.05) is 143 Å². The molecule has 3 aromatic carbocycles. The first-order valence-corrected chi connectivity index (χ1v) is 21.9. The van der Waals surface area contributed by atoms with Crippen LogP contribution in [0.15, 0.2) is 36.4 Å². The van der Waals surface area contributed by atoms with Crippen LogP contribution in [-0.2, 0) is 56.7 Å². The fraction of sp³-hybridized carbons (Fsp3) is 0.625. The summed E-state index contributed by atoms with van der Waals surface area (Å²) in [5.41, 5.74) is 8.77. The second kappa shape index (κ2) is 16.8. The van der Waals surface area contributed by atoms with Crippen LogP contribution in [0.4, 0.5) is 0 Å². The Morgan fingerprint density at radius 2 is 0.607 bits per heavy atom. The Bertz CT molecular complexity index is 1670. The highest BCUT2D eigenvalue weighted by atomic mass is 31.2. The molecule has 7 nitrogen and oxygen atoms in total. The van der Waals surface area contributed by atoms with Gasteiger partial charge in [-0.05, 0) is 105 Å². The molecule has 3 rings (SSSR count). The minimum absolute atomic E-state index is 0.138. The van der Waals surface area contributed by atoms with Crippen molar-refractivity contribution in [1.29, 1.82) is 0 Å². The summed E-state index contributed by atoms with van der Waals surface area (Å²) in [6.07, 6.45) is 0. The van der Waals surface area contributed by atoms with Crippen LogP contribution in [0.3, 0.4) is 0 Å². The zero-order chi connectivity index (χ0) is 43.0. The molecule has 0 fully saturated rings. The van der Waals surface area contributed by atoms with E-state index in [9.17, 15) is 0 Å². The lowest BCUT2D eigenvalue weighted by molar-refractivity contribution is 0.293. The number of benzene rings is 3.